The predicted molar refractivity (Wildman–Crippen MR) is 132 cm³/mol. The molecular weight excluding hydrogens is 466 g/mol. The summed E-state index contributed by atoms with van der Waals surface area (Å²) < 4.78 is 11.0. The molecule has 180 valence electrons. The van der Waals surface area contributed by atoms with Gasteiger partial charge in [0, 0.05) is 23.0 Å². The average molecular weight is 492 g/mol. The minimum absolute atomic E-state index is 0.0847. The molecule has 1 heterocycles. The van der Waals surface area contributed by atoms with Crippen LogP contribution in [0, 0.1) is 5.92 Å². The predicted octanol–water partition coefficient (Wildman–Crippen LogP) is 5.09. The van der Waals surface area contributed by atoms with E-state index in [1.807, 2.05) is 47.4 Å². The van der Waals surface area contributed by atoms with E-state index < -0.39 is 18.6 Å². The molecule has 1 fully saturated rings. The number of halogens is 1. The third kappa shape index (κ3) is 4.71. The molecule has 1 unspecified atom stereocenters. The Morgan fingerprint density at radius 1 is 1.06 bits per heavy atom. The van der Waals surface area contributed by atoms with Crippen LogP contribution in [0.2, 0.25) is 5.02 Å². The standard InChI is InChI=1S/C28H26ClNO5/c1-34-20-7-4-6-18(13-20)22-15-23(22)28(33)30-12-11-17-5-2-3-8-21(17)27(30)24-14-19(29)9-10-25(24)35-16-26(31)32/h2-10,13-14,22-23,27H,11-12,15-16H2,1H3,(H,31,32)/t22-,23+,27?/m0/s1. The number of hydrogen-bond acceptors (Lipinski definition) is 4. The van der Waals surface area contributed by atoms with Crippen LogP contribution in [0.1, 0.15) is 40.6 Å². The Balaban J connectivity index is 1.50. The topological polar surface area (TPSA) is 76.1 Å². The van der Waals surface area contributed by atoms with Crippen LogP contribution in [-0.2, 0) is 16.0 Å². The van der Waals surface area contributed by atoms with Crippen molar-refractivity contribution >= 4 is 23.5 Å². The number of carbonyl (C=O) groups excluding carboxylic acids is 1. The lowest BCUT2D eigenvalue weighted by Crippen LogP contribution is -2.41. The zero-order valence-electron chi connectivity index (χ0n) is 19.3. The Bertz CT molecular complexity index is 1280. The van der Waals surface area contributed by atoms with Crippen LogP contribution < -0.4 is 9.47 Å². The summed E-state index contributed by atoms with van der Waals surface area (Å²) in [5.41, 5.74) is 3.96. The number of amides is 1. The fourth-order valence-electron chi connectivity index (χ4n) is 5.06. The summed E-state index contributed by atoms with van der Waals surface area (Å²) in [6.45, 7) is 0.0875. The van der Waals surface area contributed by atoms with E-state index in [2.05, 4.69) is 6.07 Å². The van der Waals surface area contributed by atoms with Gasteiger partial charge in [-0.2, -0.15) is 0 Å². The molecule has 1 aliphatic carbocycles. The van der Waals surface area contributed by atoms with Gasteiger partial charge >= 0.3 is 5.97 Å². The van der Waals surface area contributed by atoms with E-state index in [9.17, 15) is 9.59 Å². The highest BCUT2D eigenvalue weighted by Crippen LogP contribution is 2.51. The minimum atomic E-state index is -1.07. The summed E-state index contributed by atoms with van der Waals surface area (Å²) in [4.78, 5) is 27.0. The van der Waals surface area contributed by atoms with Crippen molar-refractivity contribution in [1.29, 1.82) is 0 Å². The SMILES string of the molecule is COc1cccc([C@@H]2C[C@H]2C(=O)N2CCc3ccccc3C2c2cc(Cl)ccc2OCC(=O)O)c1. The molecule has 3 aromatic rings. The van der Waals surface area contributed by atoms with E-state index in [0.717, 1.165) is 35.3 Å². The molecule has 0 bridgehead atoms. The minimum Gasteiger partial charge on any atom is -0.497 e. The lowest BCUT2D eigenvalue weighted by molar-refractivity contribution is -0.139. The molecule has 3 atom stereocenters. The first-order valence-corrected chi connectivity index (χ1v) is 12.0. The Kier molecular flexibility index (Phi) is 6.39. The molecule has 3 aromatic carbocycles. The van der Waals surface area contributed by atoms with Crippen molar-refractivity contribution in [3.05, 3.63) is 94.0 Å². The number of carbonyl (C=O) groups is 2. The highest BCUT2D eigenvalue weighted by atomic mass is 35.5. The Labute approximate surface area is 209 Å². The maximum atomic E-state index is 13.9. The van der Waals surface area contributed by atoms with E-state index in [0.29, 0.717) is 22.9 Å². The van der Waals surface area contributed by atoms with Gasteiger partial charge in [0.1, 0.15) is 11.5 Å². The van der Waals surface area contributed by atoms with Gasteiger partial charge in [-0.25, -0.2) is 4.79 Å². The molecule has 35 heavy (non-hydrogen) atoms. The van der Waals surface area contributed by atoms with Crippen molar-refractivity contribution in [2.24, 2.45) is 5.92 Å². The van der Waals surface area contributed by atoms with Crippen molar-refractivity contribution in [1.82, 2.24) is 4.90 Å². The van der Waals surface area contributed by atoms with Gasteiger partial charge in [0.25, 0.3) is 0 Å². The second-order valence-electron chi connectivity index (χ2n) is 8.97. The summed E-state index contributed by atoms with van der Waals surface area (Å²) in [6, 6.07) is 20.6. The maximum absolute atomic E-state index is 13.9. The van der Waals surface area contributed by atoms with Crippen molar-refractivity contribution in [2.75, 3.05) is 20.3 Å². The van der Waals surface area contributed by atoms with Gasteiger partial charge in [0.05, 0.1) is 13.2 Å². The van der Waals surface area contributed by atoms with Crippen LogP contribution in [0.25, 0.3) is 0 Å². The molecule has 1 saturated carbocycles. The molecule has 0 radical (unpaired) electrons. The first-order valence-electron chi connectivity index (χ1n) is 11.6. The van der Waals surface area contributed by atoms with E-state index in [-0.39, 0.29) is 17.7 Å². The molecule has 0 saturated heterocycles. The first kappa shape index (κ1) is 23.2. The number of hydrogen-bond donors (Lipinski definition) is 1. The third-order valence-electron chi connectivity index (χ3n) is 6.81. The molecular formula is C28H26ClNO5. The van der Waals surface area contributed by atoms with Crippen molar-refractivity contribution in [3.63, 3.8) is 0 Å². The number of benzene rings is 3. The quantitative estimate of drug-likeness (QED) is 0.498. The number of methoxy groups -OCH3 is 1. The fourth-order valence-corrected chi connectivity index (χ4v) is 5.25. The first-order chi connectivity index (χ1) is 17.0. The molecule has 7 heteroatoms. The van der Waals surface area contributed by atoms with Gasteiger partial charge in [-0.3, -0.25) is 4.79 Å². The Hall–Kier alpha value is -3.51. The molecule has 6 nitrogen and oxygen atoms in total. The second-order valence-corrected chi connectivity index (χ2v) is 9.41. The maximum Gasteiger partial charge on any atom is 0.341 e. The largest absolute Gasteiger partial charge is 0.497 e. The summed E-state index contributed by atoms with van der Waals surface area (Å²) in [7, 11) is 1.64. The normalized spacial score (nSPS) is 20.6. The van der Waals surface area contributed by atoms with E-state index in [1.165, 1.54) is 0 Å². The molecule has 1 amide bonds. The van der Waals surface area contributed by atoms with Crippen LogP contribution in [0.4, 0.5) is 0 Å². The fraction of sp³-hybridized carbons (Fsp3) is 0.286. The number of carboxylic acid groups (broad SMARTS) is 1. The Morgan fingerprint density at radius 3 is 2.69 bits per heavy atom. The number of nitrogens with zero attached hydrogens (tertiary/aromatic N) is 1. The molecule has 0 spiro atoms. The van der Waals surface area contributed by atoms with Crippen LogP contribution in [0.5, 0.6) is 11.5 Å². The van der Waals surface area contributed by atoms with Crippen molar-refractivity contribution in [2.45, 2.75) is 24.8 Å². The highest BCUT2D eigenvalue weighted by Gasteiger charge is 2.48. The summed E-state index contributed by atoms with van der Waals surface area (Å²) >= 11 is 6.37. The van der Waals surface area contributed by atoms with Crippen LogP contribution >= 0.6 is 11.6 Å². The summed E-state index contributed by atoms with van der Waals surface area (Å²) in [6.07, 6.45) is 1.54. The second kappa shape index (κ2) is 9.62. The monoisotopic (exact) mass is 491 g/mol. The van der Waals surface area contributed by atoms with E-state index >= 15 is 0 Å². The molecule has 5 rings (SSSR count). The zero-order valence-corrected chi connectivity index (χ0v) is 20.1. The Morgan fingerprint density at radius 2 is 1.89 bits per heavy atom. The lowest BCUT2D eigenvalue weighted by Gasteiger charge is -2.38. The van der Waals surface area contributed by atoms with Gasteiger partial charge in [0.2, 0.25) is 5.91 Å². The highest BCUT2D eigenvalue weighted by molar-refractivity contribution is 6.30. The van der Waals surface area contributed by atoms with Gasteiger partial charge < -0.3 is 19.5 Å². The lowest BCUT2D eigenvalue weighted by atomic mass is 9.87. The molecule has 1 aliphatic heterocycles. The zero-order chi connectivity index (χ0) is 24.5. The van der Waals surface area contributed by atoms with Gasteiger partial charge in [-0.1, -0.05) is 48.0 Å². The molecule has 1 N–H and O–H groups in total. The van der Waals surface area contributed by atoms with Crippen LogP contribution in [0.15, 0.2) is 66.7 Å². The van der Waals surface area contributed by atoms with Gasteiger partial charge in [-0.05, 0) is 65.8 Å². The van der Waals surface area contributed by atoms with Crippen molar-refractivity contribution in [3.8, 4) is 11.5 Å². The smallest absolute Gasteiger partial charge is 0.341 e. The number of rotatable bonds is 7. The van der Waals surface area contributed by atoms with Crippen LogP contribution in [0.3, 0.4) is 0 Å². The third-order valence-corrected chi connectivity index (χ3v) is 7.05. The number of ether oxygens (including phenoxy) is 2. The van der Waals surface area contributed by atoms with Gasteiger partial charge in [-0.15, -0.1) is 0 Å². The van der Waals surface area contributed by atoms with E-state index in [4.69, 9.17) is 26.2 Å². The molecule has 0 aromatic heterocycles. The molecule has 2 aliphatic rings. The van der Waals surface area contributed by atoms with Crippen LogP contribution in [-0.4, -0.2) is 42.1 Å². The summed E-state index contributed by atoms with van der Waals surface area (Å²) in [5, 5.41) is 9.66. The average Bonchev–Trinajstić information content (AvgIpc) is 3.68. The van der Waals surface area contributed by atoms with Gasteiger partial charge in [0.15, 0.2) is 6.61 Å². The number of aliphatic carboxylic acids is 1. The number of fused-ring (bicyclic) bond motifs is 1. The van der Waals surface area contributed by atoms with Crippen molar-refractivity contribution < 1.29 is 24.2 Å². The van der Waals surface area contributed by atoms with E-state index in [1.54, 1.807) is 25.3 Å². The summed E-state index contributed by atoms with van der Waals surface area (Å²) in [5.74, 6) is 0.249. The number of carboxylic acids is 1.